The molecular weight excluding hydrogens is 767 g/mol. The van der Waals surface area contributed by atoms with Gasteiger partial charge in [-0.3, -0.25) is 9.36 Å². The molecule has 3 aromatic rings. The van der Waals surface area contributed by atoms with E-state index < -0.39 is 89.9 Å². The second kappa shape index (κ2) is 14.2. The SMILES string of the molecule is CC(C)(C)[Si](C)(C)OC[C@H]1O[C@@H](n2cnc3c(=O)[nH]c(-c4cc(C(F)(F)F)cc(C(F)(F)F)c4)nc32)[C@H](O[Si](C)(C)C(C)(C)C)[C@@H]1O[Si](C)(C)C(C)(C)C. The van der Waals surface area contributed by atoms with Crippen molar-refractivity contribution in [3.8, 4) is 11.4 Å². The standard InChI is InChI=1S/C36H56F6N4O5Si3/c1-32(2,3)52(10,11)48-19-24-26(50-53(12,13)33(4,5)6)27(51-54(14,15)34(7,8)9)31(49-24)46-20-43-25-29(46)44-28(45-30(25)47)21-16-22(35(37,38)39)18-23(17-21)36(40,41)42/h16-18,20,24,26-27,31H,19H2,1-15H3,(H,44,45,47)/t24-,26-,27-,31-/m1/s1. The van der Waals surface area contributed by atoms with Crippen LogP contribution >= 0.6 is 0 Å². The first kappa shape index (κ1) is 44.4. The number of nitrogens with zero attached hydrogens (tertiary/aromatic N) is 3. The average molecular weight is 823 g/mol. The molecule has 3 heterocycles. The Hall–Kier alpha value is -2.36. The molecule has 1 N–H and O–H groups in total. The van der Waals surface area contributed by atoms with E-state index >= 15 is 0 Å². The summed E-state index contributed by atoms with van der Waals surface area (Å²) in [4.78, 5) is 24.5. The molecule has 1 saturated heterocycles. The van der Waals surface area contributed by atoms with Crippen LogP contribution in [0.2, 0.25) is 54.4 Å². The fourth-order valence-electron chi connectivity index (χ4n) is 5.22. The molecule has 54 heavy (non-hydrogen) atoms. The van der Waals surface area contributed by atoms with Crippen LogP contribution in [-0.4, -0.2) is 69.4 Å². The van der Waals surface area contributed by atoms with Crippen molar-refractivity contribution < 1.29 is 44.4 Å². The van der Waals surface area contributed by atoms with Crippen molar-refractivity contribution in [1.29, 1.82) is 0 Å². The van der Waals surface area contributed by atoms with Crippen molar-refractivity contribution in [3.63, 3.8) is 0 Å². The number of halogens is 6. The molecule has 0 amide bonds. The first-order valence-corrected chi connectivity index (χ1v) is 26.7. The molecule has 1 aliphatic rings. The van der Waals surface area contributed by atoms with Crippen molar-refractivity contribution in [2.45, 2.75) is 154 Å². The van der Waals surface area contributed by atoms with Gasteiger partial charge < -0.3 is 23.0 Å². The van der Waals surface area contributed by atoms with Gasteiger partial charge in [-0.2, -0.15) is 26.3 Å². The lowest BCUT2D eigenvalue weighted by Crippen LogP contribution is -2.54. The average Bonchev–Trinajstić information content (AvgIpc) is 3.54. The van der Waals surface area contributed by atoms with Gasteiger partial charge in [0.25, 0.3) is 5.56 Å². The Balaban J connectivity index is 1.96. The minimum Gasteiger partial charge on any atom is -0.414 e. The molecule has 0 bridgehead atoms. The van der Waals surface area contributed by atoms with Crippen molar-refractivity contribution in [2.75, 3.05) is 6.61 Å². The lowest BCUT2D eigenvalue weighted by atomic mass is 10.0. The van der Waals surface area contributed by atoms with Gasteiger partial charge in [-0.05, 0) is 72.6 Å². The van der Waals surface area contributed by atoms with Crippen molar-refractivity contribution >= 4 is 36.1 Å². The molecule has 0 saturated carbocycles. The van der Waals surface area contributed by atoms with E-state index in [2.05, 4.69) is 117 Å². The number of aromatic nitrogens is 4. The highest BCUT2D eigenvalue weighted by molar-refractivity contribution is 6.75. The molecule has 1 aromatic carbocycles. The highest BCUT2D eigenvalue weighted by Gasteiger charge is 2.55. The minimum absolute atomic E-state index is 0.0219. The Morgan fingerprint density at radius 1 is 0.741 bits per heavy atom. The lowest BCUT2D eigenvalue weighted by molar-refractivity contribution is -0.143. The summed E-state index contributed by atoms with van der Waals surface area (Å²) in [6, 6.07) is 1.06. The second-order valence-electron chi connectivity index (χ2n) is 18.9. The Morgan fingerprint density at radius 3 is 1.65 bits per heavy atom. The zero-order chi connectivity index (χ0) is 41.4. The van der Waals surface area contributed by atoms with Gasteiger partial charge in [0.1, 0.15) is 24.1 Å². The third-order valence-electron chi connectivity index (χ3n) is 11.7. The Kier molecular flexibility index (Phi) is 11.7. The van der Waals surface area contributed by atoms with E-state index in [1.165, 1.54) is 10.9 Å². The molecule has 1 fully saturated rings. The molecule has 0 spiro atoms. The summed E-state index contributed by atoms with van der Waals surface area (Å²) >= 11 is 0. The van der Waals surface area contributed by atoms with E-state index in [9.17, 15) is 31.1 Å². The van der Waals surface area contributed by atoms with Crippen molar-refractivity contribution in [2.24, 2.45) is 0 Å². The molecule has 0 unspecified atom stereocenters. The number of fused-ring (bicyclic) bond motifs is 1. The van der Waals surface area contributed by atoms with E-state index in [0.717, 1.165) is 0 Å². The monoisotopic (exact) mass is 822 g/mol. The van der Waals surface area contributed by atoms with Crippen LogP contribution in [0.15, 0.2) is 29.3 Å². The highest BCUT2D eigenvalue weighted by atomic mass is 28.4. The largest absolute Gasteiger partial charge is 0.416 e. The van der Waals surface area contributed by atoms with E-state index in [1.54, 1.807) is 0 Å². The maximum Gasteiger partial charge on any atom is 0.416 e. The number of nitrogens with one attached hydrogen (secondary N) is 1. The van der Waals surface area contributed by atoms with Gasteiger partial charge in [-0.15, -0.1) is 0 Å². The van der Waals surface area contributed by atoms with Gasteiger partial charge in [0, 0.05) is 5.56 Å². The van der Waals surface area contributed by atoms with Crippen LogP contribution in [0.25, 0.3) is 22.6 Å². The number of imidazole rings is 1. The molecule has 4 rings (SSSR count). The molecule has 18 heteroatoms. The third-order valence-corrected chi connectivity index (χ3v) is 25.2. The van der Waals surface area contributed by atoms with E-state index in [0.29, 0.717) is 12.1 Å². The molecule has 9 nitrogen and oxygen atoms in total. The zero-order valence-corrected chi connectivity index (χ0v) is 37.0. The van der Waals surface area contributed by atoms with E-state index in [1.807, 2.05) is 0 Å². The van der Waals surface area contributed by atoms with Crippen LogP contribution in [0.4, 0.5) is 26.3 Å². The summed E-state index contributed by atoms with van der Waals surface area (Å²) in [6.45, 7) is 31.9. The van der Waals surface area contributed by atoms with Gasteiger partial charge in [0.15, 0.2) is 42.3 Å². The summed E-state index contributed by atoms with van der Waals surface area (Å²) in [5.74, 6) is -0.502. The third kappa shape index (κ3) is 9.09. The zero-order valence-electron chi connectivity index (χ0n) is 34.0. The second-order valence-corrected chi connectivity index (χ2v) is 33.2. The number of rotatable bonds is 9. The van der Waals surface area contributed by atoms with Crippen LogP contribution in [0, 0.1) is 0 Å². The highest BCUT2D eigenvalue weighted by Crippen LogP contribution is 2.47. The molecule has 0 radical (unpaired) electrons. The van der Waals surface area contributed by atoms with Crippen molar-refractivity contribution in [3.05, 3.63) is 46.0 Å². The molecule has 4 atom stereocenters. The van der Waals surface area contributed by atoms with Crippen LogP contribution in [-0.2, 0) is 30.4 Å². The van der Waals surface area contributed by atoms with Gasteiger partial charge in [-0.1, -0.05) is 62.3 Å². The van der Waals surface area contributed by atoms with E-state index in [-0.39, 0.29) is 39.0 Å². The van der Waals surface area contributed by atoms with Crippen LogP contribution in [0.1, 0.15) is 79.7 Å². The van der Waals surface area contributed by atoms with E-state index in [4.69, 9.17) is 18.0 Å². The lowest BCUT2D eigenvalue weighted by Gasteiger charge is -2.44. The fourth-order valence-corrected chi connectivity index (χ4v) is 8.83. The van der Waals surface area contributed by atoms with Gasteiger partial charge in [-0.25, -0.2) is 9.97 Å². The number of hydrogen-bond donors (Lipinski definition) is 1. The van der Waals surface area contributed by atoms with Gasteiger partial charge in [0.2, 0.25) is 0 Å². The smallest absolute Gasteiger partial charge is 0.414 e. The maximum atomic E-state index is 13.8. The molecule has 304 valence electrons. The maximum absolute atomic E-state index is 13.8. The Morgan fingerprint density at radius 2 is 1.20 bits per heavy atom. The predicted octanol–water partition coefficient (Wildman–Crippen LogP) is 10.5. The van der Waals surface area contributed by atoms with Crippen LogP contribution in [0.5, 0.6) is 0 Å². The number of hydrogen-bond acceptors (Lipinski definition) is 7. The predicted molar refractivity (Wildman–Crippen MR) is 205 cm³/mol. The van der Waals surface area contributed by atoms with Crippen molar-refractivity contribution in [1.82, 2.24) is 19.5 Å². The topological polar surface area (TPSA) is 100 Å². The molecule has 0 aliphatic carbocycles. The number of aromatic amines is 1. The summed E-state index contributed by atoms with van der Waals surface area (Å²) in [5, 5.41) is -0.577. The van der Waals surface area contributed by atoms with Crippen LogP contribution in [0.3, 0.4) is 0 Å². The van der Waals surface area contributed by atoms with Crippen LogP contribution < -0.4 is 5.56 Å². The number of ether oxygens (including phenoxy) is 1. The normalized spacial score (nSPS) is 21.4. The van der Waals surface area contributed by atoms with Gasteiger partial charge >= 0.3 is 12.4 Å². The first-order valence-electron chi connectivity index (χ1n) is 18.0. The summed E-state index contributed by atoms with van der Waals surface area (Å²) in [6.07, 6.45) is -12.0. The summed E-state index contributed by atoms with van der Waals surface area (Å²) < 4.78 is 112. The minimum atomic E-state index is -5.10. The van der Waals surface area contributed by atoms with Gasteiger partial charge in [0.05, 0.1) is 24.1 Å². The number of benzene rings is 1. The Bertz CT molecular complexity index is 1860. The number of H-pyrrole nitrogens is 1. The summed E-state index contributed by atoms with van der Waals surface area (Å²) in [5.41, 5.74) is -4.80. The quantitative estimate of drug-likeness (QED) is 0.169. The Labute approximate surface area is 316 Å². The molecule has 1 aliphatic heterocycles. The first-order chi connectivity index (χ1) is 24.1. The molecule has 2 aromatic heterocycles. The number of alkyl halides is 6. The fraction of sp³-hybridized carbons (Fsp3) is 0.694. The summed E-state index contributed by atoms with van der Waals surface area (Å²) in [7, 11) is -7.45. The molecular formula is C36H56F6N4O5Si3.